The number of carboxylic acid groups (broad SMARTS) is 1. The molecule has 0 aliphatic carbocycles. The summed E-state index contributed by atoms with van der Waals surface area (Å²) in [6.45, 7) is 2.18. The molecule has 1 aliphatic rings. The van der Waals surface area contributed by atoms with Crippen LogP contribution in [0.3, 0.4) is 0 Å². The Kier molecular flexibility index (Phi) is 4.12. The van der Waals surface area contributed by atoms with Gasteiger partial charge in [0, 0.05) is 24.0 Å². The average molecular weight is 321 g/mol. The van der Waals surface area contributed by atoms with E-state index >= 15 is 0 Å². The number of fused-ring (bicyclic) bond motifs is 3. The number of aliphatic hydroxyl groups is 1. The molecule has 0 bridgehead atoms. The van der Waals surface area contributed by atoms with E-state index in [1.54, 1.807) is 6.07 Å². The van der Waals surface area contributed by atoms with Gasteiger partial charge in [0.25, 0.3) is 0 Å². The molecule has 124 valence electrons. The second kappa shape index (κ2) is 5.94. The number of benzene rings is 1. The monoisotopic (exact) mass is 321 g/mol. The number of hydrogen-bond acceptors (Lipinski definition) is 3. The van der Waals surface area contributed by atoms with Crippen molar-refractivity contribution in [2.45, 2.75) is 38.2 Å². The second-order valence-electron chi connectivity index (χ2n) is 5.92. The minimum Gasteiger partial charge on any atom is -0.481 e. The fourth-order valence-electron chi connectivity index (χ4n) is 3.56. The largest absolute Gasteiger partial charge is 0.481 e. The lowest BCUT2D eigenvalue weighted by Gasteiger charge is -2.35. The minimum absolute atomic E-state index is 0.138. The summed E-state index contributed by atoms with van der Waals surface area (Å²) in [5.74, 6) is -1.30. The molecular formula is C17H20FNO4. The summed E-state index contributed by atoms with van der Waals surface area (Å²) in [5, 5.41) is 19.3. The van der Waals surface area contributed by atoms with Crippen LogP contribution in [-0.2, 0) is 28.0 Å². The molecule has 0 spiro atoms. The summed E-state index contributed by atoms with van der Waals surface area (Å²) in [7, 11) is 0. The van der Waals surface area contributed by atoms with Crippen molar-refractivity contribution < 1.29 is 24.1 Å². The van der Waals surface area contributed by atoms with Crippen LogP contribution in [0.15, 0.2) is 12.1 Å². The van der Waals surface area contributed by atoms with Crippen LogP contribution in [0.1, 0.15) is 36.6 Å². The molecule has 1 atom stereocenters. The highest BCUT2D eigenvalue weighted by atomic mass is 19.1. The van der Waals surface area contributed by atoms with Crippen molar-refractivity contribution in [1.82, 2.24) is 4.98 Å². The number of nitrogens with one attached hydrogen (secondary N) is 1. The molecule has 2 aromatic rings. The van der Waals surface area contributed by atoms with Crippen LogP contribution in [0.2, 0.25) is 0 Å². The minimum atomic E-state index is -0.930. The number of aromatic nitrogens is 1. The van der Waals surface area contributed by atoms with Crippen LogP contribution in [0.4, 0.5) is 4.39 Å². The lowest BCUT2D eigenvalue weighted by Crippen LogP contribution is -2.37. The van der Waals surface area contributed by atoms with E-state index in [9.17, 15) is 19.4 Å². The summed E-state index contributed by atoms with van der Waals surface area (Å²) < 4.78 is 20.0. The molecule has 3 rings (SSSR count). The average Bonchev–Trinajstić information content (AvgIpc) is 2.90. The van der Waals surface area contributed by atoms with E-state index in [0.717, 1.165) is 16.6 Å². The topological polar surface area (TPSA) is 82.5 Å². The predicted octanol–water partition coefficient (Wildman–Crippen LogP) is 2.49. The molecule has 1 aromatic carbocycles. The Balaban J connectivity index is 2.24. The summed E-state index contributed by atoms with van der Waals surface area (Å²) in [6, 6.07) is 3.12. The molecule has 1 aliphatic heterocycles. The van der Waals surface area contributed by atoms with Gasteiger partial charge >= 0.3 is 5.97 Å². The van der Waals surface area contributed by atoms with Crippen molar-refractivity contribution in [3.8, 4) is 0 Å². The fraction of sp³-hybridized carbons (Fsp3) is 0.471. The normalized spacial score (nSPS) is 20.7. The Bertz CT molecular complexity index is 755. The Morgan fingerprint density at radius 2 is 2.26 bits per heavy atom. The standard InChI is InChI=1S/C17H20FNO4/c1-2-17(9-14(21)22)16-11(6-8-23-17)10-3-4-13(18)12(5-7-20)15(10)19-16/h3-4,19-20H,2,5-9H2,1H3,(H,21,22). The molecule has 3 N–H and O–H groups in total. The molecule has 0 radical (unpaired) electrons. The van der Waals surface area contributed by atoms with Crippen LogP contribution in [-0.4, -0.2) is 34.4 Å². The predicted molar refractivity (Wildman–Crippen MR) is 82.9 cm³/mol. The van der Waals surface area contributed by atoms with E-state index in [4.69, 9.17) is 4.74 Å². The Labute approximate surface area is 133 Å². The highest BCUT2D eigenvalue weighted by Crippen LogP contribution is 2.42. The summed E-state index contributed by atoms with van der Waals surface area (Å²) in [6.07, 6.45) is 1.24. The molecule has 5 nitrogen and oxygen atoms in total. The van der Waals surface area contributed by atoms with Crippen molar-refractivity contribution >= 4 is 16.9 Å². The van der Waals surface area contributed by atoms with Gasteiger partial charge in [0.1, 0.15) is 11.4 Å². The van der Waals surface area contributed by atoms with Gasteiger partial charge < -0.3 is 19.9 Å². The first-order valence-electron chi connectivity index (χ1n) is 7.81. The van der Waals surface area contributed by atoms with E-state index in [1.807, 2.05) is 6.92 Å². The molecule has 0 saturated heterocycles. The molecule has 0 amide bonds. The van der Waals surface area contributed by atoms with Gasteiger partial charge in [-0.2, -0.15) is 0 Å². The van der Waals surface area contributed by atoms with Crippen molar-refractivity contribution in [3.63, 3.8) is 0 Å². The Morgan fingerprint density at radius 3 is 2.91 bits per heavy atom. The number of aliphatic hydroxyl groups excluding tert-OH is 1. The quantitative estimate of drug-likeness (QED) is 0.790. The number of ether oxygens (including phenoxy) is 1. The zero-order valence-corrected chi connectivity index (χ0v) is 13.0. The number of aromatic amines is 1. The van der Waals surface area contributed by atoms with Gasteiger partial charge in [-0.25, -0.2) is 4.39 Å². The first-order chi connectivity index (χ1) is 11.0. The third-order valence-corrected chi connectivity index (χ3v) is 4.69. The first-order valence-corrected chi connectivity index (χ1v) is 7.81. The molecule has 0 saturated carbocycles. The highest BCUT2D eigenvalue weighted by molar-refractivity contribution is 5.88. The van der Waals surface area contributed by atoms with Crippen LogP contribution >= 0.6 is 0 Å². The number of carbonyl (C=O) groups is 1. The number of carboxylic acids is 1. The van der Waals surface area contributed by atoms with Crippen LogP contribution in [0, 0.1) is 5.82 Å². The van der Waals surface area contributed by atoms with Crippen LogP contribution in [0.5, 0.6) is 0 Å². The van der Waals surface area contributed by atoms with Crippen molar-refractivity contribution in [2.24, 2.45) is 0 Å². The van der Waals surface area contributed by atoms with Gasteiger partial charge in [-0.15, -0.1) is 0 Å². The van der Waals surface area contributed by atoms with Gasteiger partial charge in [0.15, 0.2) is 0 Å². The number of H-pyrrole nitrogens is 1. The Morgan fingerprint density at radius 1 is 1.48 bits per heavy atom. The molecule has 0 fully saturated rings. The lowest BCUT2D eigenvalue weighted by molar-refractivity contribution is -0.148. The van der Waals surface area contributed by atoms with E-state index in [1.165, 1.54) is 6.07 Å². The molecule has 2 heterocycles. The maximum absolute atomic E-state index is 14.1. The second-order valence-corrected chi connectivity index (χ2v) is 5.92. The highest BCUT2D eigenvalue weighted by Gasteiger charge is 2.41. The van der Waals surface area contributed by atoms with Gasteiger partial charge in [0.05, 0.1) is 24.2 Å². The SMILES string of the molecule is CCC1(CC(=O)O)OCCc2c1[nH]c1c(CCO)c(F)ccc21. The number of rotatable bonds is 5. The van der Waals surface area contributed by atoms with E-state index in [-0.39, 0.29) is 25.3 Å². The zero-order chi connectivity index (χ0) is 16.6. The van der Waals surface area contributed by atoms with Crippen molar-refractivity contribution in [2.75, 3.05) is 13.2 Å². The molecule has 23 heavy (non-hydrogen) atoms. The third-order valence-electron chi connectivity index (χ3n) is 4.69. The summed E-state index contributed by atoms with van der Waals surface area (Å²) >= 11 is 0. The number of halogens is 1. The fourth-order valence-corrected chi connectivity index (χ4v) is 3.56. The van der Waals surface area contributed by atoms with Gasteiger partial charge in [-0.1, -0.05) is 6.92 Å². The van der Waals surface area contributed by atoms with E-state index < -0.39 is 11.6 Å². The maximum atomic E-state index is 14.1. The van der Waals surface area contributed by atoms with Gasteiger partial charge in [-0.3, -0.25) is 4.79 Å². The lowest BCUT2D eigenvalue weighted by atomic mass is 9.86. The summed E-state index contributed by atoms with van der Waals surface area (Å²) in [4.78, 5) is 14.5. The number of aliphatic carboxylic acids is 1. The zero-order valence-electron chi connectivity index (χ0n) is 13.0. The Hall–Kier alpha value is -1.92. The van der Waals surface area contributed by atoms with Crippen LogP contribution in [0.25, 0.3) is 10.9 Å². The smallest absolute Gasteiger partial charge is 0.306 e. The molecule has 1 unspecified atom stereocenters. The molecule has 6 heteroatoms. The summed E-state index contributed by atoms with van der Waals surface area (Å²) in [5.41, 5.74) is 1.88. The molecule has 1 aromatic heterocycles. The van der Waals surface area contributed by atoms with Crippen molar-refractivity contribution in [3.05, 3.63) is 34.8 Å². The van der Waals surface area contributed by atoms with Gasteiger partial charge in [-0.05, 0) is 30.5 Å². The van der Waals surface area contributed by atoms with E-state index in [0.29, 0.717) is 30.5 Å². The first kappa shape index (κ1) is 16.0. The van der Waals surface area contributed by atoms with Crippen molar-refractivity contribution in [1.29, 1.82) is 0 Å². The van der Waals surface area contributed by atoms with Gasteiger partial charge in [0.2, 0.25) is 0 Å². The number of hydrogen-bond donors (Lipinski definition) is 3. The maximum Gasteiger partial charge on any atom is 0.306 e. The van der Waals surface area contributed by atoms with Crippen LogP contribution < -0.4 is 0 Å². The van der Waals surface area contributed by atoms with E-state index in [2.05, 4.69) is 4.98 Å². The molecular weight excluding hydrogens is 301 g/mol. The third kappa shape index (κ3) is 2.52.